The Labute approximate surface area is 160 Å². The summed E-state index contributed by atoms with van der Waals surface area (Å²) in [6, 6.07) is 3.25. The molecule has 0 aliphatic carbocycles. The lowest BCUT2D eigenvalue weighted by molar-refractivity contribution is 0.0950. The lowest BCUT2D eigenvalue weighted by atomic mass is 10.2. The van der Waals surface area contributed by atoms with Gasteiger partial charge in [0.25, 0.3) is 5.91 Å². The van der Waals surface area contributed by atoms with Crippen LogP contribution in [0.4, 0.5) is 0 Å². The zero-order chi connectivity index (χ0) is 18.5. The number of carbonyl (C=O) groups is 1. The lowest BCUT2D eigenvalue weighted by Gasteiger charge is -2.14. The first-order valence-electron chi connectivity index (χ1n) is 8.40. The van der Waals surface area contributed by atoms with Gasteiger partial charge in [0, 0.05) is 23.3 Å². The molecule has 0 aliphatic rings. The Morgan fingerprint density at radius 1 is 1.35 bits per heavy atom. The van der Waals surface area contributed by atoms with Crippen LogP contribution in [0.2, 0.25) is 5.02 Å². The van der Waals surface area contributed by atoms with E-state index in [1.165, 1.54) is 0 Å². The second kappa shape index (κ2) is 8.42. The van der Waals surface area contributed by atoms with Crippen LogP contribution >= 0.6 is 22.9 Å². The molecule has 0 radical (unpaired) electrons. The highest BCUT2D eigenvalue weighted by Gasteiger charge is 2.16. The smallest absolute Gasteiger partial charge is 0.251 e. The number of rotatable bonds is 8. The van der Waals surface area contributed by atoms with Gasteiger partial charge in [0.15, 0.2) is 16.5 Å². The Hall–Kier alpha value is -2.25. The van der Waals surface area contributed by atoms with Crippen molar-refractivity contribution in [3.05, 3.63) is 46.2 Å². The zero-order valence-electron chi connectivity index (χ0n) is 14.6. The van der Waals surface area contributed by atoms with Gasteiger partial charge in [-0.2, -0.15) is 0 Å². The number of fused-ring (bicyclic) bond motifs is 1. The first-order chi connectivity index (χ1) is 12.6. The van der Waals surface area contributed by atoms with Crippen LogP contribution in [0.1, 0.15) is 36.3 Å². The van der Waals surface area contributed by atoms with E-state index in [2.05, 4.69) is 10.3 Å². The Bertz CT molecular complexity index is 878. The van der Waals surface area contributed by atoms with E-state index in [9.17, 15) is 4.79 Å². The van der Waals surface area contributed by atoms with E-state index >= 15 is 0 Å². The number of nitrogens with zero attached hydrogens (tertiary/aromatic N) is 2. The van der Waals surface area contributed by atoms with E-state index < -0.39 is 0 Å². The summed E-state index contributed by atoms with van der Waals surface area (Å²) < 4.78 is 13.2. The van der Waals surface area contributed by atoms with Crippen LogP contribution in [0, 0.1) is 0 Å². The number of hydrogen-bond donors (Lipinski definition) is 1. The summed E-state index contributed by atoms with van der Waals surface area (Å²) in [5, 5.41) is 5.18. The third-order valence-electron chi connectivity index (χ3n) is 3.60. The molecule has 26 heavy (non-hydrogen) atoms. The fourth-order valence-electron chi connectivity index (χ4n) is 2.44. The molecule has 0 unspecified atom stereocenters. The second-order valence-electron chi connectivity index (χ2n) is 5.57. The van der Waals surface area contributed by atoms with Crippen LogP contribution in [0.15, 0.2) is 29.9 Å². The molecule has 1 amide bonds. The Balaban J connectivity index is 1.74. The predicted octanol–water partition coefficient (Wildman–Crippen LogP) is 4.17. The van der Waals surface area contributed by atoms with Crippen LogP contribution in [0.25, 0.3) is 4.96 Å². The highest BCUT2D eigenvalue weighted by atomic mass is 35.5. The fourth-order valence-corrected chi connectivity index (χ4v) is 3.42. The second-order valence-corrected chi connectivity index (χ2v) is 6.85. The summed E-state index contributed by atoms with van der Waals surface area (Å²) in [4.78, 5) is 17.9. The molecule has 3 aromatic rings. The standard InChI is InChI=1S/C18H20ClN3O3S/c1-3-6-25-16-14(19)8-12(9-15(16)24-4-2)17(23)20-10-13-11-22-5-7-26-18(22)21-13/h5,7-9,11H,3-4,6,10H2,1-2H3,(H,20,23). The molecule has 2 heterocycles. The van der Waals surface area contributed by atoms with Crippen molar-refractivity contribution in [2.24, 2.45) is 0 Å². The molecule has 0 saturated heterocycles. The molecule has 2 aromatic heterocycles. The van der Waals surface area contributed by atoms with Crippen molar-refractivity contribution in [3.63, 3.8) is 0 Å². The maximum atomic E-state index is 12.5. The summed E-state index contributed by atoms with van der Waals surface area (Å²) in [6.07, 6.45) is 4.68. The fraction of sp³-hybridized carbons (Fsp3) is 0.333. The summed E-state index contributed by atoms with van der Waals surface area (Å²) in [5.41, 5.74) is 1.22. The van der Waals surface area contributed by atoms with E-state index in [-0.39, 0.29) is 5.91 Å². The number of benzene rings is 1. The largest absolute Gasteiger partial charge is 0.490 e. The Morgan fingerprint density at radius 2 is 2.19 bits per heavy atom. The van der Waals surface area contributed by atoms with Crippen molar-refractivity contribution in [3.8, 4) is 11.5 Å². The molecule has 6 nitrogen and oxygen atoms in total. The molecular weight excluding hydrogens is 374 g/mol. The quantitative estimate of drug-likeness (QED) is 0.623. The minimum atomic E-state index is -0.244. The Kier molecular flexibility index (Phi) is 6.00. The van der Waals surface area contributed by atoms with Gasteiger partial charge in [-0.25, -0.2) is 4.98 Å². The van der Waals surface area contributed by atoms with Gasteiger partial charge in [-0.05, 0) is 25.5 Å². The van der Waals surface area contributed by atoms with Gasteiger partial charge in [-0.3, -0.25) is 9.20 Å². The van der Waals surface area contributed by atoms with Gasteiger partial charge in [-0.1, -0.05) is 18.5 Å². The molecule has 0 saturated carbocycles. The monoisotopic (exact) mass is 393 g/mol. The van der Waals surface area contributed by atoms with Crippen molar-refractivity contribution in [2.45, 2.75) is 26.8 Å². The molecule has 1 N–H and O–H groups in total. The zero-order valence-corrected chi connectivity index (χ0v) is 16.2. The van der Waals surface area contributed by atoms with E-state index in [1.54, 1.807) is 23.5 Å². The van der Waals surface area contributed by atoms with Crippen molar-refractivity contribution >= 4 is 33.8 Å². The maximum Gasteiger partial charge on any atom is 0.251 e. The number of hydrogen-bond acceptors (Lipinski definition) is 5. The third-order valence-corrected chi connectivity index (χ3v) is 4.65. The van der Waals surface area contributed by atoms with Gasteiger partial charge in [0.1, 0.15) is 0 Å². The number of thiazole rings is 1. The molecule has 3 rings (SSSR count). The molecule has 0 spiro atoms. The van der Waals surface area contributed by atoms with Gasteiger partial charge in [0.2, 0.25) is 0 Å². The van der Waals surface area contributed by atoms with Crippen LogP contribution in [-0.2, 0) is 6.54 Å². The number of ether oxygens (including phenoxy) is 2. The van der Waals surface area contributed by atoms with E-state index in [0.29, 0.717) is 41.8 Å². The molecule has 0 bridgehead atoms. The highest BCUT2D eigenvalue weighted by Crippen LogP contribution is 2.36. The lowest BCUT2D eigenvalue weighted by Crippen LogP contribution is -2.23. The minimum Gasteiger partial charge on any atom is -0.490 e. The van der Waals surface area contributed by atoms with Gasteiger partial charge in [-0.15, -0.1) is 11.3 Å². The normalized spacial score (nSPS) is 10.9. The topological polar surface area (TPSA) is 64.9 Å². The summed E-state index contributed by atoms with van der Waals surface area (Å²) in [7, 11) is 0. The molecule has 0 aliphatic heterocycles. The molecule has 0 atom stereocenters. The van der Waals surface area contributed by atoms with E-state index in [4.69, 9.17) is 21.1 Å². The first-order valence-corrected chi connectivity index (χ1v) is 9.66. The minimum absolute atomic E-state index is 0.244. The molecular formula is C18H20ClN3O3S. The average molecular weight is 394 g/mol. The molecule has 0 fully saturated rings. The highest BCUT2D eigenvalue weighted by molar-refractivity contribution is 7.15. The summed E-state index contributed by atoms with van der Waals surface area (Å²) in [5.74, 6) is 0.702. The average Bonchev–Trinajstić information content (AvgIpc) is 3.20. The SMILES string of the molecule is CCCOc1c(Cl)cc(C(=O)NCc2cn3ccsc3n2)cc1OCC. The van der Waals surface area contributed by atoms with Gasteiger partial charge < -0.3 is 14.8 Å². The summed E-state index contributed by atoms with van der Waals surface area (Å²) in [6.45, 7) is 5.20. The van der Waals surface area contributed by atoms with Crippen LogP contribution in [0.3, 0.4) is 0 Å². The number of nitrogens with one attached hydrogen (secondary N) is 1. The molecule has 8 heteroatoms. The first kappa shape index (κ1) is 18.5. The van der Waals surface area contributed by atoms with E-state index in [1.807, 2.05) is 36.0 Å². The van der Waals surface area contributed by atoms with Crippen LogP contribution in [-0.4, -0.2) is 28.5 Å². The molecule has 138 valence electrons. The number of halogens is 1. The van der Waals surface area contributed by atoms with Gasteiger partial charge >= 0.3 is 0 Å². The third kappa shape index (κ3) is 4.11. The number of amides is 1. The predicted molar refractivity (Wildman–Crippen MR) is 103 cm³/mol. The molecule has 1 aromatic carbocycles. The summed E-state index contributed by atoms with van der Waals surface area (Å²) >= 11 is 7.85. The Morgan fingerprint density at radius 3 is 2.92 bits per heavy atom. The number of carbonyl (C=O) groups excluding carboxylic acids is 1. The van der Waals surface area contributed by atoms with Crippen molar-refractivity contribution in [1.82, 2.24) is 14.7 Å². The van der Waals surface area contributed by atoms with Gasteiger partial charge in [0.05, 0.1) is 30.5 Å². The number of imidazole rings is 1. The maximum absolute atomic E-state index is 12.5. The number of aromatic nitrogens is 2. The van der Waals surface area contributed by atoms with Crippen molar-refractivity contribution in [2.75, 3.05) is 13.2 Å². The van der Waals surface area contributed by atoms with Crippen LogP contribution < -0.4 is 14.8 Å². The van der Waals surface area contributed by atoms with E-state index in [0.717, 1.165) is 17.1 Å². The van der Waals surface area contributed by atoms with Crippen molar-refractivity contribution in [1.29, 1.82) is 0 Å². The van der Waals surface area contributed by atoms with Crippen molar-refractivity contribution < 1.29 is 14.3 Å². The van der Waals surface area contributed by atoms with Crippen LogP contribution in [0.5, 0.6) is 11.5 Å².